The topological polar surface area (TPSA) is 91.5 Å². The lowest BCUT2D eigenvalue weighted by molar-refractivity contribution is -0.114. The van der Waals surface area contributed by atoms with E-state index in [-0.39, 0.29) is 12.5 Å². The van der Waals surface area contributed by atoms with Gasteiger partial charge in [-0.3, -0.25) is 4.79 Å². The number of amides is 1. The van der Waals surface area contributed by atoms with Gasteiger partial charge in [-0.15, -0.1) is 0 Å². The molecule has 7 heteroatoms. The minimum Gasteiger partial charge on any atom is -0.359 e. The Morgan fingerprint density at radius 3 is 2.62 bits per heavy atom. The Morgan fingerprint density at radius 1 is 1.14 bits per heavy atom. The molecule has 1 heterocycles. The molecule has 0 radical (unpaired) electrons. The number of carbonyl (C=O) groups is 1. The summed E-state index contributed by atoms with van der Waals surface area (Å²) >= 11 is 0. The van der Waals surface area contributed by atoms with Gasteiger partial charge in [0, 0.05) is 24.2 Å². The molecule has 0 fully saturated rings. The van der Waals surface area contributed by atoms with Crippen LogP contribution in [0.5, 0.6) is 0 Å². The Bertz CT molecular complexity index is 796. The summed E-state index contributed by atoms with van der Waals surface area (Å²) in [7, 11) is 0. The third-order valence-corrected chi connectivity index (χ3v) is 4.76. The molecule has 0 spiro atoms. The molecule has 1 aromatic heterocycles. The molecular weight excluding hydrogens is 366 g/mol. The third kappa shape index (κ3) is 7.25. The molecule has 0 atom stereocenters. The molecule has 2 aromatic rings. The van der Waals surface area contributed by atoms with Crippen molar-refractivity contribution < 1.29 is 9.32 Å². The van der Waals surface area contributed by atoms with Gasteiger partial charge in [0.25, 0.3) is 0 Å². The number of nitrogens with zero attached hydrogens (tertiary/aromatic N) is 2. The van der Waals surface area contributed by atoms with Crippen molar-refractivity contribution >= 4 is 17.6 Å². The number of hydrogen-bond donors (Lipinski definition) is 3. The first-order chi connectivity index (χ1) is 14.1. The number of aryl methyl sites for hydroxylation is 1. The van der Waals surface area contributed by atoms with E-state index in [0.717, 1.165) is 36.4 Å². The molecule has 7 nitrogen and oxygen atoms in total. The van der Waals surface area contributed by atoms with Crippen LogP contribution in [0.25, 0.3) is 0 Å². The SMILES string of the molecule is CCNC(=NCC(=O)Nc1cccc(CC)c1)NCc1cc(C(CC)CC)no1. The number of rotatable bonds is 10. The minimum atomic E-state index is -0.161. The summed E-state index contributed by atoms with van der Waals surface area (Å²) in [6.45, 7) is 9.55. The molecule has 1 aromatic carbocycles. The predicted molar refractivity (Wildman–Crippen MR) is 117 cm³/mol. The zero-order valence-corrected chi connectivity index (χ0v) is 17.9. The van der Waals surface area contributed by atoms with Crippen molar-refractivity contribution in [2.45, 2.75) is 59.4 Å². The van der Waals surface area contributed by atoms with E-state index < -0.39 is 0 Å². The fraction of sp³-hybridized carbons (Fsp3) is 0.500. The van der Waals surface area contributed by atoms with Crippen LogP contribution in [0.2, 0.25) is 0 Å². The van der Waals surface area contributed by atoms with Gasteiger partial charge in [0.1, 0.15) is 6.54 Å². The lowest BCUT2D eigenvalue weighted by Crippen LogP contribution is -2.37. The van der Waals surface area contributed by atoms with Crippen molar-refractivity contribution in [2.75, 3.05) is 18.4 Å². The van der Waals surface area contributed by atoms with E-state index in [1.165, 1.54) is 5.56 Å². The number of carbonyl (C=O) groups excluding carboxylic acids is 1. The van der Waals surface area contributed by atoms with Crippen molar-refractivity contribution in [3.63, 3.8) is 0 Å². The van der Waals surface area contributed by atoms with Gasteiger partial charge < -0.3 is 20.5 Å². The molecule has 0 unspecified atom stereocenters. The third-order valence-electron chi connectivity index (χ3n) is 4.76. The van der Waals surface area contributed by atoms with Crippen LogP contribution in [0.4, 0.5) is 5.69 Å². The summed E-state index contributed by atoms with van der Waals surface area (Å²) < 4.78 is 5.43. The van der Waals surface area contributed by atoms with Crippen LogP contribution < -0.4 is 16.0 Å². The molecule has 0 saturated carbocycles. The summed E-state index contributed by atoms with van der Waals surface area (Å²) in [6.07, 6.45) is 3.00. The Balaban J connectivity index is 1.91. The maximum Gasteiger partial charge on any atom is 0.246 e. The second-order valence-electron chi connectivity index (χ2n) is 6.88. The lowest BCUT2D eigenvalue weighted by Gasteiger charge is -2.10. The summed E-state index contributed by atoms with van der Waals surface area (Å²) in [5.41, 5.74) is 2.96. The molecule has 0 saturated heterocycles. The molecular formula is C22H33N5O2. The van der Waals surface area contributed by atoms with Crippen LogP contribution in [-0.4, -0.2) is 30.1 Å². The monoisotopic (exact) mass is 399 g/mol. The van der Waals surface area contributed by atoms with E-state index in [1.807, 2.05) is 37.3 Å². The van der Waals surface area contributed by atoms with Crippen LogP contribution in [0.3, 0.4) is 0 Å². The van der Waals surface area contributed by atoms with Crippen LogP contribution in [0, 0.1) is 0 Å². The van der Waals surface area contributed by atoms with Crippen LogP contribution in [0.15, 0.2) is 39.8 Å². The molecule has 29 heavy (non-hydrogen) atoms. The average Bonchev–Trinajstić information content (AvgIpc) is 3.20. The van der Waals surface area contributed by atoms with E-state index in [1.54, 1.807) is 0 Å². The predicted octanol–water partition coefficient (Wildman–Crippen LogP) is 3.83. The molecule has 2 rings (SSSR count). The van der Waals surface area contributed by atoms with E-state index in [4.69, 9.17) is 4.52 Å². The van der Waals surface area contributed by atoms with E-state index in [9.17, 15) is 4.79 Å². The fourth-order valence-electron chi connectivity index (χ4n) is 3.04. The molecule has 0 bridgehead atoms. The standard InChI is InChI=1S/C22H33N5O2/c1-5-16-10-9-11-18(12-16)26-21(28)15-25-22(23-8-4)24-14-19-13-20(27-29-19)17(6-2)7-3/h9-13,17H,5-8,14-15H2,1-4H3,(H,26,28)(H2,23,24,25). The second-order valence-corrected chi connectivity index (χ2v) is 6.88. The number of hydrogen-bond acceptors (Lipinski definition) is 4. The highest BCUT2D eigenvalue weighted by atomic mass is 16.5. The molecule has 0 aliphatic rings. The fourth-order valence-corrected chi connectivity index (χ4v) is 3.04. The van der Waals surface area contributed by atoms with Crippen LogP contribution >= 0.6 is 0 Å². The van der Waals surface area contributed by atoms with E-state index in [0.29, 0.717) is 25.0 Å². The van der Waals surface area contributed by atoms with E-state index in [2.05, 4.69) is 46.9 Å². The summed E-state index contributed by atoms with van der Waals surface area (Å²) in [5.74, 6) is 1.57. The first-order valence-electron chi connectivity index (χ1n) is 10.5. The zero-order valence-electron chi connectivity index (χ0n) is 17.9. The van der Waals surface area contributed by atoms with Crippen LogP contribution in [-0.2, 0) is 17.8 Å². The quantitative estimate of drug-likeness (QED) is 0.417. The minimum absolute atomic E-state index is 0.0289. The first kappa shape index (κ1) is 22.5. The number of aromatic nitrogens is 1. The van der Waals surface area contributed by atoms with Crippen molar-refractivity contribution in [1.29, 1.82) is 0 Å². The van der Waals surface area contributed by atoms with Gasteiger partial charge in [0.05, 0.1) is 12.2 Å². The van der Waals surface area contributed by atoms with Gasteiger partial charge in [-0.1, -0.05) is 38.1 Å². The van der Waals surface area contributed by atoms with E-state index >= 15 is 0 Å². The Morgan fingerprint density at radius 2 is 1.93 bits per heavy atom. The highest BCUT2D eigenvalue weighted by Gasteiger charge is 2.13. The van der Waals surface area contributed by atoms with Gasteiger partial charge in [0.15, 0.2) is 11.7 Å². The number of nitrogens with one attached hydrogen (secondary N) is 3. The molecule has 158 valence electrons. The average molecular weight is 400 g/mol. The molecule has 1 amide bonds. The van der Waals surface area contributed by atoms with Crippen molar-refractivity contribution in [3.05, 3.63) is 47.3 Å². The van der Waals surface area contributed by atoms with Gasteiger partial charge in [-0.05, 0) is 43.9 Å². The molecule has 3 N–H and O–H groups in total. The highest BCUT2D eigenvalue weighted by molar-refractivity contribution is 5.94. The van der Waals surface area contributed by atoms with Gasteiger partial charge >= 0.3 is 0 Å². The lowest BCUT2D eigenvalue weighted by atomic mass is 9.99. The van der Waals surface area contributed by atoms with Crippen LogP contribution in [0.1, 0.15) is 63.5 Å². The Hall–Kier alpha value is -2.83. The first-order valence-corrected chi connectivity index (χ1v) is 10.5. The highest BCUT2D eigenvalue weighted by Crippen LogP contribution is 2.22. The number of guanidine groups is 1. The van der Waals surface area contributed by atoms with Gasteiger partial charge in [-0.25, -0.2) is 4.99 Å². The molecule has 0 aliphatic heterocycles. The summed E-state index contributed by atoms with van der Waals surface area (Å²) in [6, 6.07) is 9.83. The van der Waals surface area contributed by atoms with Gasteiger partial charge in [0.2, 0.25) is 5.91 Å². The Kier molecular flexibility index (Phi) is 9.21. The molecule has 0 aliphatic carbocycles. The summed E-state index contributed by atoms with van der Waals surface area (Å²) in [4.78, 5) is 16.6. The number of anilines is 1. The van der Waals surface area contributed by atoms with Gasteiger partial charge in [-0.2, -0.15) is 0 Å². The largest absolute Gasteiger partial charge is 0.359 e. The maximum absolute atomic E-state index is 12.2. The summed E-state index contributed by atoms with van der Waals surface area (Å²) in [5, 5.41) is 13.4. The van der Waals surface area contributed by atoms with Crippen molar-refractivity contribution in [2.24, 2.45) is 4.99 Å². The number of benzene rings is 1. The van der Waals surface area contributed by atoms with Crippen molar-refractivity contribution in [3.8, 4) is 0 Å². The van der Waals surface area contributed by atoms with Crippen molar-refractivity contribution in [1.82, 2.24) is 15.8 Å². The zero-order chi connectivity index (χ0) is 21.1. The second kappa shape index (κ2) is 11.9. The maximum atomic E-state index is 12.2. The number of aliphatic imine (C=N–C) groups is 1. The normalized spacial score (nSPS) is 11.6. The smallest absolute Gasteiger partial charge is 0.246 e. The Labute approximate surface area is 173 Å².